The number of amides is 2. The van der Waals surface area contributed by atoms with Crippen molar-refractivity contribution in [2.24, 2.45) is 0 Å². The summed E-state index contributed by atoms with van der Waals surface area (Å²) >= 11 is 0. The van der Waals surface area contributed by atoms with Gasteiger partial charge in [0, 0.05) is 25.7 Å². The molecule has 0 atom stereocenters. The van der Waals surface area contributed by atoms with E-state index < -0.39 is 0 Å². The molecule has 130 valence electrons. The van der Waals surface area contributed by atoms with Gasteiger partial charge in [-0.05, 0) is 42.0 Å². The predicted octanol–water partition coefficient (Wildman–Crippen LogP) is 2.89. The fourth-order valence-electron chi connectivity index (χ4n) is 3.23. The number of nitrogens with zero attached hydrogens (tertiary/aromatic N) is 1. The lowest BCUT2D eigenvalue weighted by molar-refractivity contribution is -0.120. The SMILES string of the molecule is CN1C(=O)CCc2cc(CC(=O)NCCCc3ccccc3)ccc21. The van der Waals surface area contributed by atoms with E-state index in [-0.39, 0.29) is 11.8 Å². The number of carbonyl (C=O) groups is 2. The van der Waals surface area contributed by atoms with E-state index in [0.29, 0.717) is 19.4 Å². The molecule has 0 radical (unpaired) electrons. The van der Waals surface area contributed by atoms with E-state index in [1.54, 1.807) is 11.9 Å². The number of hydrogen-bond acceptors (Lipinski definition) is 2. The van der Waals surface area contributed by atoms with Crippen molar-refractivity contribution in [2.75, 3.05) is 18.5 Å². The van der Waals surface area contributed by atoms with Gasteiger partial charge in [0.25, 0.3) is 0 Å². The minimum Gasteiger partial charge on any atom is -0.356 e. The molecule has 0 aliphatic carbocycles. The highest BCUT2D eigenvalue weighted by molar-refractivity contribution is 5.96. The van der Waals surface area contributed by atoms with Crippen molar-refractivity contribution in [3.63, 3.8) is 0 Å². The second-order valence-electron chi connectivity index (χ2n) is 6.53. The average molecular weight is 336 g/mol. The Bertz CT molecular complexity index is 756. The van der Waals surface area contributed by atoms with Crippen LogP contribution in [0.4, 0.5) is 5.69 Å². The smallest absolute Gasteiger partial charge is 0.227 e. The van der Waals surface area contributed by atoms with Gasteiger partial charge in [-0.2, -0.15) is 0 Å². The topological polar surface area (TPSA) is 49.4 Å². The molecule has 0 saturated carbocycles. The number of fused-ring (bicyclic) bond motifs is 1. The summed E-state index contributed by atoms with van der Waals surface area (Å²) in [6, 6.07) is 16.2. The first-order valence-corrected chi connectivity index (χ1v) is 8.82. The van der Waals surface area contributed by atoms with Crippen molar-refractivity contribution in [3.05, 3.63) is 65.2 Å². The van der Waals surface area contributed by atoms with Crippen LogP contribution in [0.5, 0.6) is 0 Å². The van der Waals surface area contributed by atoms with Crippen LogP contribution in [0.25, 0.3) is 0 Å². The second kappa shape index (κ2) is 7.97. The molecule has 25 heavy (non-hydrogen) atoms. The average Bonchev–Trinajstić information content (AvgIpc) is 2.63. The zero-order valence-electron chi connectivity index (χ0n) is 14.6. The molecule has 1 heterocycles. The van der Waals surface area contributed by atoms with E-state index in [1.165, 1.54) is 5.56 Å². The Morgan fingerprint density at radius 3 is 2.68 bits per heavy atom. The number of rotatable bonds is 6. The van der Waals surface area contributed by atoms with Crippen molar-refractivity contribution < 1.29 is 9.59 Å². The van der Waals surface area contributed by atoms with Gasteiger partial charge in [0.05, 0.1) is 6.42 Å². The Hall–Kier alpha value is -2.62. The molecule has 0 bridgehead atoms. The third kappa shape index (κ3) is 4.47. The molecule has 1 aliphatic heterocycles. The van der Waals surface area contributed by atoms with Crippen molar-refractivity contribution in [1.29, 1.82) is 0 Å². The van der Waals surface area contributed by atoms with Crippen LogP contribution < -0.4 is 10.2 Å². The zero-order valence-corrected chi connectivity index (χ0v) is 14.6. The number of nitrogens with one attached hydrogen (secondary N) is 1. The molecule has 2 aromatic carbocycles. The van der Waals surface area contributed by atoms with Crippen LogP contribution in [0.3, 0.4) is 0 Å². The third-order valence-electron chi connectivity index (χ3n) is 4.66. The highest BCUT2D eigenvalue weighted by Crippen LogP contribution is 2.27. The zero-order chi connectivity index (χ0) is 17.6. The van der Waals surface area contributed by atoms with E-state index in [1.807, 2.05) is 30.3 Å². The molecule has 2 amide bonds. The summed E-state index contributed by atoms with van der Waals surface area (Å²) in [7, 11) is 1.81. The van der Waals surface area contributed by atoms with Gasteiger partial charge in [0.2, 0.25) is 11.8 Å². The van der Waals surface area contributed by atoms with E-state index in [2.05, 4.69) is 23.5 Å². The van der Waals surface area contributed by atoms with Gasteiger partial charge in [-0.3, -0.25) is 9.59 Å². The van der Waals surface area contributed by atoms with Crippen molar-refractivity contribution >= 4 is 17.5 Å². The molecule has 3 rings (SSSR count). The van der Waals surface area contributed by atoms with Gasteiger partial charge >= 0.3 is 0 Å². The van der Waals surface area contributed by atoms with Gasteiger partial charge in [-0.15, -0.1) is 0 Å². The molecule has 4 heteroatoms. The number of hydrogen-bond donors (Lipinski definition) is 1. The quantitative estimate of drug-likeness (QED) is 0.825. The molecule has 0 saturated heterocycles. The lowest BCUT2D eigenvalue weighted by atomic mass is 9.98. The maximum Gasteiger partial charge on any atom is 0.227 e. The number of carbonyl (C=O) groups excluding carboxylic acids is 2. The summed E-state index contributed by atoms with van der Waals surface area (Å²) < 4.78 is 0. The van der Waals surface area contributed by atoms with Crippen LogP contribution >= 0.6 is 0 Å². The fourth-order valence-corrected chi connectivity index (χ4v) is 3.23. The highest BCUT2D eigenvalue weighted by Gasteiger charge is 2.20. The fraction of sp³-hybridized carbons (Fsp3) is 0.333. The summed E-state index contributed by atoms with van der Waals surface area (Å²) in [4.78, 5) is 25.6. The minimum atomic E-state index is 0.0493. The molecule has 0 fully saturated rings. The first-order valence-electron chi connectivity index (χ1n) is 8.82. The van der Waals surface area contributed by atoms with Gasteiger partial charge < -0.3 is 10.2 Å². The first-order chi connectivity index (χ1) is 12.1. The highest BCUT2D eigenvalue weighted by atomic mass is 16.2. The summed E-state index contributed by atoms with van der Waals surface area (Å²) in [5.74, 6) is 0.199. The Labute approximate surface area is 148 Å². The molecule has 2 aromatic rings. The Morgan fingerprint density at radius 1 is 1.08 bits per heavy atom. The van der Waals surface area contributed by atoms with Crippen LogP contribution in [0.2, 0.25) is 0 Å². The molecule has 0 unspecified atom stereocenters. The molecule has 1 aliphatic rings. The maximum atomic E-state index is 12.1. The van der Waals surface area contributed by atoms with Crippen molar-refractivity contribution in [2.45, 2.75) is 32.1 Å². The summed E-state index contributed by atoms with van der Waals surface area (Å²) in [6.45, 7) is 0.690. The normalized spacial score (nSPS) is 13.5. The molecule has 4 nitrogen and oxygen atoms in total. The molecule has 1 N–H and O–H groups in total. The third-order valence-corrected chi connectivity index (χ3v) is 4.66. The lowest BCUT2D eigenvalue weighted by Crippen LogP contribution is -2.31. The second-order valence-corrected chi connectivity index (χ2v) is 6.53. The van der Waals surface area contributed by atoms with E-state index >= 15 is 0 Å². The van der Waals surface area contributed by atoms with Gasteiger partial charge in [-0.1, -0.05) is 42.5 Å². The number of aryl methyl sites for hydroxylation is 2. The van der Waals surface area contributed by atoms with Crippen LogP contribution in [0, 0.1) is 0 Å². The van der Waals surface area contributed by atoms with E-state index in [4.69, 9.17) is 0 Å². The molecular formula is C21H24N2O2. The molecule has 0 spiro atoms. The Morgan fingerprint density at radius 2 is 1.88 bits per heavy atom. The monoisotopic (exact) mass is 336 g/mol. The van der Waals surface area contributed by atoms with Crippen molar-refractivity contribution in [3.8, 4) is 0 Å². The summed E-state index contributed by atoms with van der Waals surface area (Å²) in [6.07, 6.45) is 3.59. The van der Waals surface area contributed by atoms with E-state index in [0.717, 1.165) is 36.1 Å². The standard InChI is InChI=1S/C21H24N2O2/c1-23-19-11-9-17(14-18(19)10-12-21(23)25)15-20(24)22-13-5-8-16-6-3-2-4-7-16/h2-4,6-7,9,11,14H,5,8,10,12-13,15H2,1H3,(H,22,24). The largest absolute Gasteiger partial charge is 0.356 e. The predicted molar refractivity (Wildman–Crippen MR) is 99.6 cm³/mol. The molecule has 0 aromatic heterocycles. The minimum absolute atomic E-state index is 0.0493. The van der Waals surface area contributed by atoms with Crippen molar-refractivity contribution in [1.82, 2.24) is 5.32 Å². The lowest BCUT2D eigenvalue weighted by Gasteiger charge is -2.26. The van der Waals surface area contributed by atoms with Gasteiger partial charge in [0.1, 0.15) is 0 Å². The van der Waals surface area contributed by atoms with Gasteiger partial charge in [0.15, 0.2) is 0 Å². The van der Waals surface area contributed by atoms with Gasteiger partial charge in [-0.25, -0.2) is 0 Å². The summed E-state index contributed by atoms with van der Waals surface area (Å²) in [5.41, 5.74) is 4.41. The van der Waals surface area contributed by atoms with Crippen LogP contribution in [0.15, 0.2) is 48.5 Å². The first kappa shape index (κ1) is 17.2. The van der Waals surface area contributed by atoms with Crippen LogP contribution in [0.1, 0.15) is 29.5 Å². The Kier molecular flexibility index (Phi) is 5.49. The Balaban J connectivity index is 1.47. The maximum absolute atomic E-state index is 12.1. The van der Waals surface area contributed by atoms with E-state index in [9.17, 15) is 9.59 Å². The molecular weight excluding hydrogens is 312 g/mol. The number of anilines is 1. The summed E-state index contributed by atoms with van der Waals surface area (Å²) in [5, 5.41) is 2.99. The van der Waals surface area contributed by atoms with Crippen LogP contribution in [-0.2, 0) is 28.9 Å². The number of benzene rings is 2. The van der Waals surface area contributed by atoms with Crippen LogP contribution in [-0.4, -0.2) is 25.4 Å².